The monoisotopic (exact) mass is 621 g/mol. The van der Waals surface area contributed by atoms with Gasteiger partial charge in [0.25, 0.3) is 15.9 Å². The van der Waals surface area contributed by atoms with Crippen LogP contribution in [0.1, 0.15) is 24.2 Å². The summed E-state index contributed by atoms with van der Waals surface area (Å²) in [6.07, 6.45) is -0.686. The molecule has 0 unspecified atom stereocenters. The highest BCUT2D eigenvalue weighted by molar-refractivity contribution is 7.92. The predicted octanol–water partition coefficient (Wildman–Crippen LogP) is 3.68. The van der Waals surface area contributed by atoms with Crippen LogP contribution in [-0.4, -0.2) is 75.9 Å². The molecule has 1 amide bonds. The number of anilines is 1. The molecule has 0 fully saturated rings. The molecule has 1 aliphatic rings. The van der Waals surface area contributed by atoms with Gasteiger partial charge in [0.15, 0.2) is 0 Å². The number of rotatable bonds is 9. The van der Waals surface area contributed by atoms with Gasteiger partial charge in [-0.15, -0.1) is 0 Å². The van der Waals surface area contributed by atoms with E-state index in [2.05, 4.69) is 4.72 Å². The van der Waals surface area contributed by atoms with Gasteiger partial charge in [-0.3, -0.25) is 9.52 Å². The molecular formula is C28H32ClN3O7S2. The lowest BCUT2D eigenvalue weighted by Gasteiger charge is -2.38. The van der Waals surface area contributed by atoms with Crippen molar-refractivity contribution < 1.29 is 31.5 Å². The number of hydrogen-bond acceptors (Lipinski definition) is 7. The van der Waals surface area contributed by atoms with E-state index < -0.39 is 38.1 Å². The maximum atomic E-state index is 13.7. The highest BCUT2D eigenvalue weighted by atomic mass is 35.5. The number of sulfonamides is 2. The first-order valence-corrected chi connectivity index (χ1v) is 16.2. The number of fused-ring (bicyclic) bond motifs is 1. The first-order chi connectivity index (χ1) is 19.3. The minimum Gasteiger partial charge on any atom is -0.488 e. The summed E-state index contributed by atoms with van der Waals surface area (Å²) in [5.41, 5.74) is 0.229. The second kappa shape index (κ2) is 12.4. The van der Waals surface area contributed by atoms with Gasteiger partial charge in [0.05, 0.1) is 34.5 Å². The van der Waals surface area contributed by atoms with Crippen molar-refractivity contribution in [2.24, 2.45) is 5.92 Å². The van der Waals surface area contributed by atoms with Crippen LogP contribution in [0.5, 0.6) is 5.75 Å². The van der Waals surface area contributed by atoms with Crippen LogP contribution in [0.3, 0.4) is 0 Å². The van der Waals surface area contributed by atoms with Crippen molar-refractivity contribution in [3.05, 3.63) is 83.4 Å². The van der Waals surface area contributed by atoms with Crippen molar-refractivity contribution in [1.29, 1.82) is 0 Å². The Balaban J connectivity index is 1.68. The van der Waals surface area contributed by atoms with Gasteiger partial charge in [-0.05, 0) is 61.5 Å². The average Bonchev–Trinajstić information content (AvgIpc) is 2.95. The van der Waals surface area contributed by atoms with Crippen LogP contribution < -0.4 is 9.46 Å². The second-order valence-corrected chi connectivity index (χ2v) is 14.2. The largest absolute Gasteiger partial charge is 0.488 e. The molecule has 0 aromatic heterocycles. The fraction of sp³-hybridized carbons (Fsp3) is 0.321. The number of hydrogen-bond donors (Lipinski definition) is 2. The Kier molecular flexibility index (Phi) is 9.29. The van der Waals surface area contributed by atoms with Gasteiger partial charge in [0, 0.05) is 30.2 Å². The van der Waals surface area contributed by atoms with Crippen molar-refractivity contribution >= 4 is 43.2 Å². The summed E-state index contributed by atoms with van der Waals surface area (Å²) >= 11 is 5.92. The Morgan fingerprint density at radius 3 is 2.34 bits per heavy atom. The molecule has 4 rings (SSSR count). The lowest BCUT2D eigenvalue weighted by Crippen LogP contribution is -2.50. The Labute approximate surface area is 245 Å². The topological polar surface area (TPSA) is 133 Å². The van der Waals surface area contributed by atoms with Gasteiger partial charge in [-0.25, -0.2) is 16.8 Å². The Morgan fingerprint density at radius 2 is 1.71 bits per heavy atom. The Bertz CT molecular complexity index is 1600. The van der Waals surface area contributed by atoms with Crippen LogP contribution in [0, 0.1) is 5.92 Å². The number of aliphatic hydroxyl groups excluding tert-OH is 1. The van der Waals surface area contributed by atoms with Crippen molar-refractivity contribution in [2.75, 3.05) is 31.5 Å². The van der Waals surface area contributed by atoms with Crippen LogP contribution in [0.2, 0.25) is 5.02 Å². The standard InChI is InChI=1S/C28H32ClN3O7S2/c1-19-16-32(20(2)18-33)28(34)25-15-22(30-40(35,36)23-7-5-4-6-8-23)11-14-26(25)39-27(19)17-31(3)41(37,38)24-12-9-21(29)10-13-24/h4-15,19-20,27,30,33H,16-18H2,1-3H3/t19-,20-,27-/m0/s1. The SMILES string of the molecule is C[C@H]1CN([C@@H](C)CO)C(=O)c2cc(NS(=O)(=O)c3ccccc3)ccc2O[C@H]1CN(C)S(=O)(=O)c1ccc(Cl)cc1. The van der Waals surface area contributed by atoms with Crippen LogP contribution in [0.25, 0.3) is 0 Å². The smallest absolute Gasteiger partial charge is 0.261 e. The highest BCUT2D eigenvalue weighted by Gasteiger charge is 2.35. The number of likely N-dealkylation sites (N-methyl/N-ethyl adjacent to an activating group) is 1. The average molecular weight is 622 g/mol. The summed E-state index contributed by atoms with van der Waals surface area (Å²) in [4.78, 5) is 15.3. The number of nitrogens with zero attached hydrogens (tertiary/aromatic N) is 2. The third-order valence-electron chi connectivity index (χ3n) is 6.93. The molecule has 2 N–H and O–H groups in total. The molecule has 3 aromatic carbocycles. The van der Waals surface area contributed by atoms with E-state index in [1.165, 1.54) is 70.9 Å². The molecule has 220 valence electrons. The molecule has 3 atom stereocenters. The number of nitrogens with one attached hydrogen (secondary N) is 1. The van der Waals surface area contributed by atoms with Gasteiger partial charge >= 0.3 is 0 Å². The molecule has 0 bridgehead atoms. The zero-order valence-electron chi connectivity index (χ0n) is 22.8. The highest BCUT2D eigenvalue weighted by Crippen LogP contribution is 2.32. The summed E-state index contributed by atoms with van der Waals surface area (Å²) < 4.78 is 62.2. The molecule has 0 saturated carbocycles. The Morgan fingerprint density at radius 1 is 1.05 bits per heavy atom. The van der Waals surface area contributed by atoms with Crippen LogP contribution in [-0.2, 0) is 20.0 Å². The molecule has 41 heavy (non-hydrogen) atoms. The third-order valence-corrected chi connectivity index (χ3v) is 10.4. The van der Waals surface area contributed by atoms with Crippen LogP contribution in [0.4, 0.5) is 5.69 Å². The van der Waals surface area contributed by atoms with E-state index in [9.17, 15) is 26.7 Å². The summed E-state index contributed by atoms with van der Waals surface area (Å²) in [5, 5.41) is 10.3. The summed E-state index contributed by atoms with van der Waals surface area (Å²) in [5.74, 6) is -0.614. The first-order valence-electron chi connectivity index (χ1n) is 12.9. The number of ether oxygens (including phenoxy) is 1. The van der Waals surface area contributed by atoms with Crippen molar-refractivity contribution in [3.63, 3.8) is 0 Å². The summed E-state index contributed by atoms with van der Waals surface area (Å²) in [7, 11) is -6.36. The van der Waals surface area contributed by atoms with E-state index in [0.29, 0.717) is 5.02 Å². The Hall–Kier alpha value is -3.16. The predicted molar refractivity (Wildman–Crippen MR) is 156 cm³/mol. The lowest BCUT2D eigenvalue weighted by atomic mass is 9.99. The molecule has 3 aromatic rings. The molecular weight excluding hydrogens is 590 g/mol. The number of aliphatic hydroxyl groups is 1. The number of benzene rings is 3. The van der Waals surface area contributed by atoms with E-state index in [1.54, 1.807) is 25.1 Å². The van der Waals surface area contributed by atoms with E-state index in [1.807, 2.05) is 6.92 Å². The van der Waals surface area contributed by atoms with Crippen molar-refractivity contribution in [2.45, 2.75) is 35.8 Å². The molecule has 0 radical (unpaired) electrons. The van der Waals surface area contributed by atoms with Crippen molar-refractivity contribution in [3.8, 4) is 5.75 Å². The molecule has 1 heterocycles. The molecule has 0 aliphatic carbocycles. The lowest BCUT2D eigenvalue weighted by molar-refractivity contribution is 0.0387. The van der Waals surface area contributed by atoms with E-state index in [0.717, 1.165) is 0 Å². The summed E-state index contributed by atoms with van der Waals surface area (Å²) in [6.45, 7) is 3.36. The van der Waals surface area contributed by atoms with Gasteiger partial charge in [0.1, 0.15) is 11.9 Å². The third kappa shape index (κ3) is 6.84. The zero-order chi connectivity index (χ0) is 29.9. The fourth-order valence-corrected chi connectivity index (χ4v) is 6.84. The minimum absolute atomic E-state index is 0.0382. The van der Waals surface area contributed by atoms with Gasteiger partial charge in [-0.1, -0.05) is 36.7 Å². The quantitative estimate of drug-likeness (QED) is 0.372. The maximum Gasteiger partial charge on any atom is 0.261 e. The maximum absolute atomic E-state index is 13.7. The number of amides is 1. The molecule has 0 saturated heterocycles. The number of carbonyl (C=O) groups excluding carboxylic acids is 1. The fourth-order valence-electron chi connectivity index (χ4n) is 4.46. The van der Waals surface area contributed by atoms with Gasteiger partial charge in [-0.2, -0.15) is 4.31 Å². The minimum atomic E-state index is -3.93. The normalized spacial score (nSPS) is 18.7. The molecule has 13 heteroatoms. The van der Waals surface area contributed by atoms with E-state index in [4.69, 9.17) is 16.3 Å². The first kappa shape index (κ1) is 30.8. The van der Waals surface area contributed by atoms with Crippen LogP contribution >= 0.6 is 11.6 Å². The van der Waals surface area contributed by atoms with Gasteiger partial charge < -0.3 is 14.7 Å². The molecule has 1 aliphatic heterocycles. The zero-order valence-corrected chi connectivity index (χ0v) is 25.2. The molecule has 10 nitrogen and oxygen atoms in total. The van der Waals surface area contributed by atoms with Gasteiger partial charge in [0.2, 0.25) is 10.0 Å². The summed E-state index contributed by atoms with van der Waals surface area (Å²) in [6, 6.07) is 17.4. The van der Waals surface area contributed by atoms with E-state index >= 15 is 0 Å². The van der Waals surface area contributed by atoms with Crippen molar-refractivity contribution in [1.82, 2.24) is 9.21 Å². The second-order valence-electron chi connectivity index (χ2n) is 9.99. The van der Waals surface area contributed by atoms with E-state index in [-0.39, 0.29) is 52.4 Å². The molecule has 0 spiro atoms. The number of carbonyl (C=O) groups is 1. The van der Waals surface area contributed by atoms with Crippen LogP contribution in [0.15, 0.2) is 82.6 Å². The number of halogens is 1.